The lowest BCUT2D eigenvalue weighted by atomic mass is 9.98. The number of likely N-dealkylation sites (tertiary alicyclic amines) is 1. The minimum absolute atomic E-state index is 0.426. The molecule has 3 nitrogen and oxygen atoms in total. The summed E-state index contributed by atoms with van der Waals surface area (Å²) in [7, 11) is -3.29. The van der Waals surface area contributed by atoms with Crippen molar-refractivity contribution in [1.82, 2.24) is 4.90 Å². The van der Waals surface area contributed by atoms with Gasteiger partial charge in [-0.2, -0.15) is 0 Å². The molecule has 4 heteroatoms. The molecular weight excluding hydrogens is 306 g/mol. The van der Waals surface area contributed by atoms with E-state index in [2.05, 4.69) is 17.6 Å². The van der Waals surface area contributed by atoms with E-state index in [1.165, 1.54) is 12.8 Å². The SMILES string of the molecule is C=CC1CCCN(CCCC(C)(C)S(=O)(=O)c2ccccc2)C1. The first-order valence-electron chi connectivity index (χ1n) is 8.51. The fourth-order valence-corrected chi connectivity index (χ4v) is 4.83. The van der Waals surface area contributed by atoms with Gasteiger partial charge in [-0.15, -0.1) is 6.58 Å². The van der Waals surface area contributed by atoms with Crippen molar-refractivity contribution in [2.24, 2.45) is 5.92 Å². The minimum atomic E-state index is -3.29. The van der Waals surface area contributed by atoms with Gasteiger partial charge >= 0.3 is 0 Å². The van der Waals surface area contributed by atoms with Crippen molar-refractivity contribution in [3.8, 4) is 0 Å². The van der Waals surface area contributed by atoms with Gasteiger partial charge in [-0.25, -0.2) is 8.42 Å². The first kappa shape index (κ1) is 18.2. The molecule has 1 aromatic rings. The third-order valence-corrected chi connectivity index (χ3v) is 7.46. The largest absolute Gasteiger partial charge is 0.303 e. The Bertz CT molecular complexity index is 608. The first-order chi connectivity index (χ1) is 10.9. The predicted octanol–water partition coefficient (Wildman–Crippen LogP) is 3.92. The van der Waals surface area contributed by atoms with Crippen LogP contribution < -0.4 is 0 Å². The zero-order chi connectivity index (χ0) is 16.9. The van der Waals surface area contributed by atoms with Crippen LogP contribution in [-0.2, 0) is 9.84 Å². The minimum Gasteiger partial charge on any atom is -0.303 e. The Labute approximate surface area is 141 Å². The van der Waals surface area contributed by atoms with E-state index in [1.54, 1.807) is 24.3 Å². The summed E-state index contributed by atoms with van der Waals surface area (Å²) in [6.45, 7) is 10.7. The van der Waals surface area contributed by atoms with Crippen molar-refractivity contribution < 1.29 is 8.42 Å². The maximum atomic E-state index is 12.8. The smallest absolute Gasteiger partial charge is 0.183 e. The van der Waals surface area contributed by atoms with Crippen molar-refractivity contribution in [3.05, 3.63) is 43.0 Å². The van der Waals surface area contributed by atoms with Crippen molar-refractivity contribution in [2.45, 2.75) is 49.2 Å². The van der Waals surface area contributed by atoms with Crippen LogP contribution in [0.25, 0.3) is 0 Å². The Hall–Kier alpha value is -1.13. The Kier molecular flexibility index (Phi) is 6.04. The molecule has 23 heavy (non-hydrogen) atoms. The highest BCUT2D eigenvalue weighted by molar-refractivity contribution is 7.92. The normalized spacial score (nSPS) is 20.3. The highest BCUT2D eigenvalue weighted by Crippen LogP contribution is 2.29. The van der Waals surface area contributed by atoms with Crippen LogP contribution in [0.1, 0.15) is 39.5 Å². The second-order valence-corrected chi connectivity index (χ2v) is 9.70. The first-order valence-corrected chi connectivity index (χ1v) is 10.00. The van der Waals surface area contributed by atoms with E-state index in [0.717, 1.165) is 26.1 Å². The molecule has 128 valence electrons. The summed E-state index contributed by atoms with van der Waals surface area (Å²) >= 11 is 0. The second kappa shape index (κ2) is 7.63. The van der Waals surface area contributed by atoms with E-state index in [9.17, 15) is 8.42 Å². The molecule has 0 aliphatic carbocycles. The number of hydrogen-bond acceptors (Lipinski definition) is 3. The number of rotatable bonds is 7. The number of hydrogen-bond donors (Lipinski definition) is 0. The van der Waals surface area contributed by atoms with Gasteiger partial charge in [0.05, 0.1) is 9.64 Å². The van der Waals surface area contributed by atoms with E-state index in [1.807, 2.05) is 19.9 Å². The molecule has 1 saturated heterocycles. The fraction of sp³-hybridized carbons (Fsp3) is 0.579. The Morgan fingerprint density at radius 2 is 2.00 bits per heavy atom. The summed E-state index contributed by atoms with van der Waals surface area (Å²) in [5.74, 6) is 0.588. The van der Waals surface area contributed by atoms with Gasteiger partial charge in [0.1, 0.15) is 0 Å². The average Bonchev–Trinajstić information content (AvgIpc) is 2.55. The summed E-state index contributed by atoms with van der Waals surface area (Å²) in [4.78, 5) is 2.87. The molecule has 0 aromatic heterocycles. The summed E-state index contributed by atoms with van der Waals surface area (Å²) < 4.78 is 24.9. The Morgan fingerprint density at radius 3 is 2.65 bits per heavy atom. The Morgan fingerprint density at radius 1 is 1.30 bits per heavy atom. The maximum absolute atomic E-state index is 12.8. The van der Waals surface area contributed by atoms with Crippen LogP contribution in [0.5, 0.6) is 0 Å². The van der Waals surface area contributed by atoms with E-state index >= 15 is 0 Å². The number of nitrogens with zero attached hydrogens (tertiary/aromatic N) is 1. The van der Waals surface area contributed by atoms with Crippen LogP contribution in [0.15, 0.2) is 47.9 Å². The lowest BCUT2D eigenvalue weighted by Gasteiger charge is -2.32. The highest BCUT2D eigenvalue weighted by atomic mass is 32.2. The molecule has 1 unspecified atom stereocenters. The van der Waals surface area contributed by atoms with Crippen LogP contribution in [0.3, 0.4) is 0 Å². The quantitative estimate of drug-likeness (QED) is 0.709. The molecule has 1 aliphatic rings. The van der Waals surface area contributed by atoms with Crippen LogP contribution in [0.4, 0.5) is 0 Å². The zero-order valence-electron chi connectivity index (χ0n) is 14.4. The van der Waals surface area contributed by atoms with Crippen LogP contribution in [0, 0.1) is 5.92 Å². The lowest BCUT2D eigenvalue weighted by Crippen LogP contribution is -2.37. The summed E-state index contributed by atoms with van der Waals surface area (Å²) in [5, 5.41) is 0. The van der Waals surface area contributed by atoms with Gasteiger partial charge in [0.25, 0.3) is 0 Å². The molecule has 0 amide bonds. The summed E-state index contributed by atoms with van der Waals surface area (Å²) in [6, 6.07) is 8.80. The molecule has 1 aliphatic heterocycles. The van der Waals surface area contributed by atoms with Gasteiger partial charge in [0.2, 0.25) is 0 Å². The predicted molar refractivity (Wildman–Crippen MR) is 96.3 cm³/mol. The molecule has 1 atom stereocenters. The average molecular weight is 336 g/mol. The Balaban J connectivity index is 1.92. The van der Waals surface area contributed by atoms with E-state index in [-0.39, 0.29) is 0 Å². The van der Waals surface area contributed by atoms with Crippen molar-refractivity contribution in [3.63, 3.8) is 0 Å². The third-order valence-electron chi connectivity index (χ3n) is 4.91. The highest BCUT2D eigenvalue weighted by Gasteiger charge is 2.35. The topological polar surface area (TPSA) is 37.4 Å². The van der Waals surface area contributed by atoms with Crippen molar-refractivity contribution in [1.29, 1.82) is 0 Å². The zero-order valence-corrected chi connectivity index (χ0v) is 15.2. The van der Waals surface area contributed by atoms with E-state index in [4.69, 9.17) is 0 Å². The van der Waals surface area contributed by atoms with Crippen LogP contribution in [0.2, 0.25) is 0 Å². The van der Waals surface area contributed by atoms with Crippen LogP contribution in [-0.4, -0.2) is 37.7 Å². The molecule has 0 spiro atoms. The molecule has 0 bridgehead atoms. The molecular formula is C19H29NO2S. The molecule has 0 radical (unpaired) electrons. The van der Waals surface area contributed by atoms with Gasteiger partial charge in [0.15, 0.2) is 9.84 Å². The van der Waals surface area contributed by atoms with Gasteiger partial charge in [-0.05, 0) is 70.7 Å². The van der Waals surface area contributed by atoms with Gasteiger partial charge < -0.3 is 4.90 Å². The molecule has 0 N–H and O–H groups in total. The lowest BCUT2D eigenvalue weighted by molar-refractivity contribution is 0.192. The van der Waals surface area contributed by atoms with E-state index in [0.29, 0.717) is 17.2 Å². The van der Waals surface area contributed by atoms with Crippen molar-refractivity contribution >= 4 is 9.84 Å². The molecule has 0 saturated carbocycles. The maximum Gasteiger partial charge on any atom is 0.183 e. The summed E-state index contributed by atoms with van der Waals surface area (Å²) in [5.41, 5.74) is 0. The third kappa shape index (κ3) is 4.45. The van der Waals surface area contributed by atoms with Crippen LogP contribution >= 0.6 is 0 Å². The second-order valence-electron chi connectivity index (χ2n) is 7.12. The van der Waals surface area contributed by atoms with Gasteiger partial charge in [0, 0.05) is 6.54 Å². The fourth-order valence-electron chi connectivity index (χ4n) is 3.27. The van der Waals surface area contributed by atoms with Crippen molar-refractivity contribution in [2.75, 3.05) is 19.6 Å². The number of benzene rings is 1. The standard InChI is InChI=1S/C19H29NO2S/c1-4-17-10-8-14-20(16-17)15-9-13-19(2,3)23(21,22)18-11-6-5-7-12-18/h4-7,11-12,17H,1,8-10,13-16H2,2-3H3. The molecule has 1 heterocycles. The number of sulfone groups is 1. The van der Waals surface area contributed by atoms with E-state index < -0.39 is 14.6 Å². The monoisotopic (exact) mass is 335 g/mol. The van der Waals surface area contributed by atoms with Gasteiger partial charge in [-0.1, -0.05) is 24.3 Å². The number of piperidine rings is 1. The summed E-state index contributed by atoms with van der Waals surface area (Å²) in [6.07, 6.45) is 6.08. The van der Waals surface area contributed by atoms with Gasteiger partial charge in [-0.3, -0.25) is 0 Å². The molecule has 1 fully saturated rings. The molecule has 1 aromatic carbocycles. The molecule has 2 rings (SSSR count).